The van der Waals surface area contributed by atoms with E-state index in [2.05, 4.69) is 57.4 Å². The second-order valence-corrected chi connectivity index (χ2v) is 14.1. The van der Waals surface area contributed by atoms with E-state index in [9.17, 15) is 4.79 Å². The van der Waals surface area contributed by atoms with E-state index in [1.54, 1.807) is 0 Å². The summed E-state index contributed by atoms with van der Waals surface area (Å²) < 4.78 is 12.5. The second kappa shape index (κ2) is 12.0. The van der Waals surface area contributed by atoms with Gasteiger partial charge in [-0.3, -0.25) is 4.90 Å². The summed E-state index contributed by atoms with van der Waals surface area (Å²) in [6.45, 7) is 12.6. The number of ether oxygens (including phenoxy) is 1. The molecule has 0 fully saturated rings. The fourth-order valence-electron chi connectivity index (χ4n) is 4.18. The van der Waals surface area contributed by atoms with Gasteiger partial charge < -0.3 is 9.16 Å². The van der Waals surface area contributed by atoms with Crippen molar-refractivity contribution in [1.82, 2.24) is 4.90 Å². The van der Waals surface area contributed by atoms with Gasteiger partial charge in [-0.15, -0.1) is 6.58 Å². The van der Waals surface area contributed by atoms with Gasteiger partial charge in [-0.2, -0.15) is 0 Å². The Morgan fingerprint density at radius 3 is 2.38 bits per heavy atom. The molecule has 0 aliphatic heterocycles. The maximum absolute atomic E-state index is 13.6. The fraction of sp³-hybridized carbons (Fsp3) is 0.345. The summed E-state index contributed by atoms with van der Waals surface area (Å²) in [5.41, 5.74) is 2.05. The molecule has 0 saturated heterocycles. The molecule has 4 nitrogen and oxygen atoms in total. The average Bonchev–Trinajstić information content (AvgIpc) is 2.82. The molecule has 180 valence electrons. The average molecular weight is 476 g/mol. The number of hydrogen-bond acceptors (Lipinski definition) is 3. The Morgan fingerprint density at radius 2 is 1.68 bits per heavy atom. The third kappa shape index (κ3) is 7.05. The van der Waals surface area contributed by atoms with E-state index >= 15 is 0 Å². The van der Waals surface area contributed by atoms with Crippen molar-refractivity contribution >= 4 is 25.2 Å². The molecule has 0 radical (unpaired) electrons. The molecule has 0 N–H and O–H groups in total. The standard InChI is InChI=1S/C29H37NO3Si/c1-6-7-9-21-28(33-34(3,4)5)30(29(31)32-22-24-15-10-8-11-16-24)23(2)26-20-14-18-25-17-12-13-19-27(25)26/h6,8,10-20,23,28H,1,7,9,21-22H2,2-5H3/t23-,28?/m0/s1. The van der Waals surface area contributed by atoms with Crippen molar-refractivity contribution in [2.75, 3.05) is 0 Å². The third-order valence-corrected chi connectivity index (χ3v) is 6.75. The minimum atomic E-state index is -1.95. The highest BCUT2D eigenvalue weighted by molar-refractivity contribution is 6.69. The van der Waals surface area contributed by atoms with Crippen LogP contribution in [0.15, 0.2) is 85.5 Å². The van der Waals surface area contributed by atoms with Gasteiger partial charge in [0.15, 0.2) is 8.32 Å². The Balaban J connectivity index is 1.97. The van der Waals surface area contributed by atoms with Crippen molar-refractivity contribution in [3.05, 3.63) is 96.6 Å². The van der Waals surface area contributed by atoms with Gasteiger partial charge in [0.25, 0.3) is 0 Å². The van der Waals surface area contributed by atoms with Crippen molar-refractivity contribution in [1.29, 1.82) is 0 Å². The number of nitrogens with zero attached hydrogens (tertiary/aromatic N) is 1. The van der Waals surface area contributed by atoms with Crippen LogP contribution in [0.3, 0.4) is 0 Å². The van der Waals surface area contributed by atoms with E-state index in [0.29, 0.717) is 0 Å². The van der Waals surface area contributed by atoms with Crippen LogP contribution >= 0.6 is 0 Å². The summed E-state index contributed by atoms with van der Waals surface area (Å²) >= 11 is 0. The number of hydrogen-bond donors (Lipinski definition) is 0. The van der Waals surface area contributed by atoms with Crippen LogP contribution in [-0.4, -0.2) is 25.5 Å². The normalized spacial score (nSPS) is 13.3. The molecule has 1 amide bonds. The minimum absolute atomic E-state index is 0.223. The Morgan fingerprint density at radius 1 is 1.00 bits per heavy atom. The first kappa shape index (κ1) is 25.7. The molecule has 5 heteroatoms. The summed E-state index contributed by atoms with van der Waals surface area (Å²) in [5, 5.41) is 2.29. The first-order valence-corrected chi connectivity index (χ1v) is 15.5. The number of allylic oxidation sites excluding steroid dienone is 1. The quantitative estimate of drug-likeness (QED) is 0.122. The number of fused-ring (bicyclic) bond motifs is 1. The summed E-state index contributed by atoms with van der Waals surface area (Å²) in [4.78, 5) is 15.5. The van der Waals surface area contributed by atoms with E-state index in [-0.39, 0.29) is 25.0 Å². The lowest BCUT2D eigenvalue weighted by Crippen LogP contribution is -2.48. The fourth-order valence-corrected chi connectivity index (χ4v) is 5.23. The highest BCUT2D eigenvalue weighted by Crippen LogP contribution is 2.32. The van der Waals surface area contributed by atoms with Crippen molar-refractivity contribution in [2.45, 2.75) is 64.7 Å². The molecular weight excluding hydrogens is 438 g/mol. The maximum atomic E-state index is 13.6. The zero-order chi connectivity index (χ0) is 24.6. The Kier molecular flexibility index (Phi) is 9.08. The molecule has 0 saturated carbocycles. The number of unbranched alkanes of at least 4 members (excludes halogenated alkanes) is 1. The monoisotopic (exact) mass is 475 g/mol. The lowest BCUT2D eigenvalue weighted by Gasteiger charge is -2.39. The number of amides is 1. The summed E-state index contributed by atoms with van der Waals surface area (Å²) in [7, 11) is -1.95. The van der Waals surface area contributed by atoms with Crippen molar-refractivity contribution in [3.8, 4) is 0 Å². The lowest BCUT2D eigenvalue weighted by molar-refractivity contribution is -0.0165. The van der Waals surface area contributed by atoms with Gasteiger partial charge in [0.2, 0.25) is 0 Å². The molecule has 34 heavy (non-hydrogen) atoms. The van der Waals surface area contributed by atoms with E-state index in [1.807, 2.05) is 59.5 Å². The van der Waals surface area contributed by atoms with E-state index < -0.39 is 8.32 Å². The van der Waals surface area contributed by atoms with Gasteiger partial charge >= 0.3 is 6.09 Å². The molecular formula is C29H37NO3Si. The predicted molar refractivity (Wildman–Crippen MR) is 143 cm³/mol. The molecule has 0 aliphatic carbocycles. The molecule has 3 rings (SSSR count). The van der Waals surface area contributed by atoms with Gasteiger partial charge in [-0.25, -0.2) is 4.79 Å². The molecule has 0 aromatic heterocycles. The first-order valence-electron chi connectivity index (χ1n) is 12.1. The van der Waals surface area contributed by atoms with Crippen LogP contribution < -0.4 is 0 Å². The zero-order valence-electron chi connectivity index (χ0n) is 20.9. The van der Waals surface area contributed by atoms with Gasteiger partial charge in [0.1, 0.15) is 12.8 Å². The second-order valence-electron chi connectivity index (χ2n) is 9.60. The third-order valence-electron chi connectivity index (χ3n) is 5.77. The lowest BCUT2D eigenvalue weighted by atomic mass is 9.98. The zero-order valence-corrected chi connectivity index (χ0v) is 21.9. The highest BCUT2D eigenvalue weighted by atomic mass is 28.4. The first-order chi connectivity index (χ1) is 16.3. The highest BCUT2D eigenvalue weighted by Gasteiger charge is 2.34. The van der Waals surface area contributed by atoms with Crippen molar-refractivity contribution in [2.24, 2.45) is 0 Å². The largest absolute Gasteiger partial charge is 0.444 e. The smallest absolute Gasteiger partial charge is 0.412 e. The molecule has 1 unspecified atom stereocenters. The summed E-state index contributed by atoms with van der Waals surface area (Å²) in [5.74, 6) is 0. The van der Waals surface area contributed by atoms with E-state index in [4.69, 9.17) is 9.16 Å². The van der Waals surface area contributed by atoms with Crippen molar-refractivity contribution in [3.63, 3.8) is 0 Å². The number of carbonyl (C=O) groups excluding carboxylic acids is 1. The number of benzene rings is 3. The molecule has 2 atom stereocenters. The SMILES string of the molecule is C=CCCCC(O[Si](C)(C)C)N(C(=O)OCc1ccccc1)[C@@H](C)c1cccc2ccccc12. The van der Waals surface area contributed by atoms with Gasteiger partial charge in [-0.1, -0.05) is 78.9 Å². The van der Waals surface area contributed by atoms with Gasteiger partial charge in [-0.05, 0) is 67.7 Å². The minimum Gasteiger partial charge on any atom is -0.444 e. The number of carbonyl (C=O) groups is 1. The van der Waals surface area contributed by atoms with Gasteiger partial charge in [0.05, 0.1) is 6.04 Å². The topological polar surface area (TPSA) is 38.8 Å². The Bertz CT molecular complexity index is 1070. The Hall–Kier alpha value is -2.89. The van der Waals surface area contributed by atoms with Crippen molar-refractivity contribution < 1.29 is 14.0 Å². The van der Waals surface area contributed by atoms with Crippen LogP contribution in [0.1, 0.15) is 43.4 Å². The van der Waals surface area contributed by atoms with Crippen LogP contribution in [0.2, 0.25) is 19.6 Å². The van der Waals surface area contributed by atoms with E-state index in [1.165, 1.54) is 0 Å². The molecule has 3 aromatic rings. The van der Waals surface area contributed by atoms with E-state index in [0.717, 1.165) is 41.2 Å². The van der Waals surface area contributed by atoms with Crippen LogP contribution in [0.4, 0.5) is 4.79 Å². The molecule has 3 aromatic carbocycles. The summed E-state index contributed by atoms with van der Waals surface area (Å²) in [6.07, 6.45) is 3.68. The van der Waals surface area contributed by atoms with Gasteiger partial charge in [0, 0.05) is 0 Å². The predicted octanol–water partition coefficient (Wildman–Crippen LogP) is 8.07. The maximum Gasteiger partial charge on any atom is 0.412 e. The van der Waals surface area contributed by atoms with Crippen LogP contribution in [-0.2, 0) is 15.8 Å². The molecule has 0 heterocycles. The molecule has 0 spiro atoms. The van der Waals surface area contributed by atoms with Crippen LogP contribution in [0, 0.1) is 0 Å². The number of rotatable bonds is 11. The van der Waals surface area contributed by atoms with Crippen LogP contribution in [0.25, 0.3) is 10.8 Å². The molecule has 0 aliphatic rings. The summed E-state index contributed by atoms with van der Waals surface area (Å²) in [6, 6.07) is 24.1. The molecule has 0 bridgehead atoms. The van der Waals surface area contributed by atoms with Crippen LogP contribution in [0.5, 0.6) is 0 Å². The Labute approximate surface area is 205 Å².